The fourth-order valence-corrected chi connectivity index (χ4v) is 3.64. The molecule has 2 N–H and O–H groups in total. The predicted octanol–water partition coefficient (Wildman–Crippen LogP) is 2.68. The van der Waals surface area contributed by atoms with Crippen LogP contribution >= 0.6 is 0 Å². The summed E-state index contributed by atoms with van der Waals surface area (Å²) in [6, 6.07) is 8.68. The molecule has 0 aliphatic carbocycles. The van der Waals surface area contributed by atoms with Crippen molar-refractivity contribution in [2.75, 3.05) is 13.1 Å². The standard InChI is InChI=1S/C20H28N4O2/c25-19(22-26)10-3-1-2-6-13-23-14-7-12-21-20(23)24-15-11-17-8-4-5-9-18(17)16-24/h4-5,7-9,12,14,20,26H,1-3,6,10-11,13,15-16H2,(H,22,25). The quantitative estimate of drug-likeness (QED) is 0.427. The van der Waals surface area contributed by atoms with Crippen LogP contribution in [-0.2, 0) is 17.8 Å². The molecule has 3 rings (SSSR count). The number of unbranched alkanes of at least 4 members (excludes halogenated alkanes) is 3. The molecule has 0 saturated heterocycles. The molecule has 1 aromatic carbocycles. The molecule has 1 atom stereocenters. The summed E-state index contributed by atoms with van der Waals surface area (Å²) in [6.07, 6.45) is 11.5. The number of amides is 1. The summed E-state index contributed by atoms with van der Waals surface area (Å²) < 4.78 is 0. The molecule has 0 spiro atoms. The average molecular weight is 356 g/mol. The van der Waals surface area contributed by atoms with Crippen LogP contribution in [-0.4, -0.2) is 46.5 Å². The SMILES string of the molecule is O=C(CCCCCCN1C=CC=NC1N1CCc2ccccc2C1)NO. The highest BCUT2D eigenvalue weighted by Gasteiger charge is 2.26. The Morgan fingerprint density at radius 3 is 2.85 bits per heavy atom. The van der Waals surface area contributed by atoms with E-state index in [-0.39, 0.29) is 12.2 Å². The fourth-order valence-electron chi connectivity index (χ4n) is 3.64. The second-order valence-corrected chi connectivity index (χ2v) is 6.91. The van der Waals surface area contributed by atoms with Gasteiger partial charge in [-0.25, -0.2) is 5.48 Å². The van der Waals surface area contributed by atoms with Crippen LogP contribution in [0.5, 0.6) is 0 Å². The Bertz CT molecular complexity index is 659. The number of hydrogen-bond acceptors (Lipinski definition) is 5. The third-order valence-electron chi connectivity index (χ3n) is 5.06. The molecule has 0 radical (unpaired) electrons. The minimum absolute atomic E-state index is 0.0773. The lowest BCUT2D eigenvalue weighted by atomic mass is 10.00. The monoisotopic (exact) mass is 356 g/mol. The summed E-state index contributed by atoms with van der Waals surface area (Å²) in [5.41, 5.74) is 4.54. The van der Waals surface area contributed by atoms with Crippen molar-refractivity contribution < 1.29 is 10.0 Å². The Hall–Kier alpha value is -2.18. The number of fused-ring (bicyclic) bond motifs is 1. The van der Waals surface area contributed by atoms with Crippen LogP contribution in [0, 0.1) is 0 Å². The van der Waals surface area contributed by atoms with Gasteiger partial charge in [-0.1, -0.05) is 37.1 Å². The Kier molecular flexibility index (Phi) is 6.80. The maximum atomic E-state index is 11.0. The third-order valence-corrected chi connectivity index (χ3v) is 5.06. The molecule has 26 heavy (non-hydrogen) atoms. The second-order valence-electron chi connectivity index (χ2n) is 6.91. The molecule has 140 valence electrons. The van der Waals surface area contributed by atoms with Crippen LogP contribution < -0.4 is 5.48 Å². The van der Waals surface area contributed by atoms with E-state index >= 15 is 0 Å². The van der Waals surface area contributed by atoms with Gasteiger partial charge in [-0.2, -0.15) is 0 Å². The Balaban J connectivity index is 1.46. The van der Waals surface area contributed by atoms with Crippen molar-refractivity contribution in [3.05, 3.63) is 47.7 Å². The van der Waals surface area contributed by atoms with Gasteiger partial charge in [-0.05, 0) is 36.5 Å². The zero-order valence-electron chi connectivity index (χ0n) is 15.2. The smallest absolute Gasteiger partial charge is 0.243 e. The summed E-state index contributed by atoms with van der Waals surface area (Å²) in [7, 11) is 0. The molecule has 6 heteroatoms. The molecule has 0 saturated carbocycles. The number of rotatable bonds is 8. The Morgan fingerprint density at radius 1 is 1.19 bits per heavy atom. The Morgan fingerprint density at radius 2 is 2.00 bits per heavy atom. The molecule has 1 aromatic rings. The van der Waals surface area contributed by atoms with E-state index < -0.39 is 0 Å². The number of carbonyl (C=O) groups excluding carboxylic acids is 1. The number of benzene rings is 1. The van der Waals surface area contributed by atoms with Crippen molar-refractivity contribution in [1.82, 2.24) is 15.3 Å². The van der Waals surface area contributed by atoms with E-state index in [0.29, 0.717) is 6.42 Å². The van der Waals surface area contributed by atoms with Crippen LogP contribution in [0.2, 0.25) is 0 Å². The first-order chi connectivity index (χ1) is 12.8. The van der Waals surface area contributed by atoms with E-state index in [1.807, 2.05) is 12.3 Å². The van der Waals surface area contributed by atoms with Gasteiger partial charge in [-0.3, -0.25) is 19.9 Å². The van der Waals surface area contributed by atoms with Gasteiger partial charge < -0.3 is 4.90 Å². The highest BCUT2D eigenvalue weighted by molar-refractivity contribution is 5.74. The minimum atomic E-state index is -0.302. The normalized spacial score (nSPS) is 19.4. The summed E-state index contributed by atoms with van der Waals surface area (Å²) in [6.45, 7) is 2.93. The van der Waals surface area contributed by atoms with E-state index in [1.165, 1.54) is 11.1 Å². The van der Waals surface area contributed by atoms with Crippen LogP contribution in [0.25, 0.3) is 0 Å². The van der Waals surface area contributed by atoms with Gasteiger partial charge in [0, 0.05) is 38.5 Å². The van der Waals surface area contributed by atoms with Crippen LogP contribution in [0.4, 0.5) is 0 Å². The number of aliphatic imine (C=N–C) groups is 1. The fraction of sp³-hybridized carbons (Fsp3) is 0.500. The molecular weight excluding hydrogens is 328 g/mol. The largest absolute Gasteiger partial charge is 0.344 e. The first-order valence-electron chi connectivity index (χ1n) is 9.47. The number of allylic oxidation sites excluding steroid dienone is 1. The van der Waals surface area contributed by atoms with Crippen molar-refractivity contribution >= 4 is 12.1 Å². The summed E-state index contributed by atoms with van der Waals surface area (Å²) in [5, 5.41) is 8.49. The summed E-state index contributed by atoms with van der Waals surface area (Å²) in [4.78, 5) is 20.5. The number of hydrogen-bond donors (Lipinski definition) is 2. The molecule has 2 heterocycles. The number of nitrogens with one attached hydrogen (secondary N) is 1. The molecule has 1 unspecified atom stereocenters. The second kappa shape index (κ2) is 9.50. The topological polar surface area (TPSA) is 68.2 Å². The van der Waals surface area contributed by atoms with Gasteiger partial charge in [0.25, 0.3) is 0 Å². The lowest BCUT2D eigenvalue weighted by Crippen LogP contribution is -2.48. The zero-order chi connectivity index (χ0) is 18.2. The molecule has 0 bridgehead atoms. The minimum Gasteiger partial charge on any atom is -0.344 e. The van der Waals surface area contributed by atoms with Crippen LogP contribution in [0.15, 0.2) is 41.5 Å². The highest BCUT2D eigenvalue weighted by Crippen LogP contribution is 2.23. The van der Waals surface area contributed by atoms with Crippen molar-refractivity contribution in [1.29, 1.82) is 0 Å². The van der Waals surface area contributed by atoms with Gasteiger partial charge in [0.05, 0.1) is 0 Å². The first-order valence-corrected chi connectivity index (χ1v) is 9.47. The van der Waals surface area contributed by atoms with Gasteiger partial charge in [0.15, 0.2) is 6.29 Å². The highest BCUT2D eigenvalue weighted by atomic mass is 16.5. The Labute approximate surface area is 155 Å². The van der Waals surface area contributed by atoms with Gasteiger partial charge >= 0.3 is 0 Å². The van der Waals surface area contributed by atoms with E-state index in [9.17, 15) is 4.79 Å². The summed E-state index contributed by atoms with van der Waals surface area (Å²) in [5.74, 6) is -0.302. The number of hydroxylamine groups is 1. The third kappa shape index (κ3) is 4.93. The number of nitrogens with zero attached hydrogens (tertiary/aromatic N) is 3. The molecule has 2 aliphatic rings. The van der Waals surface area contributed by atoms with Gasteiger partial charge in [0.1, 0.15) is 0 Å². The van der Waals surface area contributed by atoms with Crippen molar-refractivity contribution in [3.8, 4) is 0 Å². The zero-order valence-corrected chi connectivity index (χ0v) is 15.2. The lowest BCUT2D eigenvalue weighted by molar-refractivity contribution is -0.129. The molecule has 0 fully saturated rings. The lowest BCUT2D eigenvalue weighted by Gasteiger charge is -2.40. The molecular formula is C20H28N4O2. The van der Waals surface area contributed by atoms with Crippen LogP contribution in [0.3, 0.4) is 0 Å². The van der Waals surface area contributed by atoms with E-state index in [1.54, 1.807) is 5.48 Å². The van der Waals surface area contributed by atoms with E-state index in [4.69, 9.17) is 10.2 Å². The predicted molar refractivity (Wildman–Crippen MR) is 102 cm³/mol. The van der Waals surface area contributed by atoms with Crippen molar-refractivity contribution in [2.24, 2.45) is 4.99 Å². The van der Waals surface area contributed by atoms with E-state index in [2.05, 4.69) is 40.3 Å². The maximum Gasteiger partial charge on any atom is 0.243 e. The van der Waals surface area contributed by atoms with E-state index in [0.717, 1.165) is 51.7 Å². The number of carbonyl (C=O) groups is 1. The average Bonchev–Trinajstić information content (AvgIpc) is 2.70. The molecule has 0 aromatic heterocycles. The van der Waals surface area contributed by atoms with Crippen molar-refractivity contribution in [3.63, 3.8) is 0 Å². The molecule has 1 amide bonds. The van der Waals surface area contributed by atoms with Crippen molar-refractivity contribution in [2.45, 2.75) is 51.4 Å². The molecule has 6 nitrogen and oxygen atoms in total. The van der Waals surface area contributed by atoms with Gasteiger partial charge in [0.2, 0.25) is 5.91 Å². The summed E-state index contributed by atoms with van der Waals surface area (Å²) >= 11 is 0. The first kappa shape index (κ1) is 18.6. The molecule has 2 aliphatic heterocycles. The van der Waals surface area contributed by atoms with Crippen LogP contribution in [0.1, 0.15) is 43.2 Å². The van der Waals surface area contributed by atoms with Gasteiger partial charge in [-0.15, -0.1) is 0 Å². The maximum absolute atomic E-state index is 11.0.